The molecule has 0 saturated carbocycles. The second-order valence-electron chi connectivity index (χ2n) is 4.00. The number of para-hydroxylation sites is 1. The molecule has 0 spiro atoms. The smallest absolute Gasteiger partial charge is 0.325 e. The summed E-state index contributed by atoms with van der Waals surface area (Å²) < 4.78 is 5.19. The lowest BCUT2D eigenvalue weighted by Crippen LogP contribution is -2.30. The summed E-state index contributed by atoms with van der Waals surface area (Å²) in [4.78, 5) is 21.7. The van der Waals surface area contributed by atoms with E-state index in [9.17, 15) is 19.8 Å². The number of hydrogen-bond donors (Lipinski definition) is 4. The molecule has 4 N–H and O–H groups in total. The lowest BCUT2D eigenvalue weighted by molar-refractivity contribution is -0.141. The number of carboxylic acids is 2. The molecule has 0 aliphatic rings. The molecule has 1 atom stereocenters. The van der Waals surface area contributed by atoms with E-state index in [1.165, 1.54) is 12.1 Å². The number of rotatable bonds is 8. The highest BCUT2D eigenvalue weighted by atomic mass is 16.5. The van der Waals surface area contributed by atoms with Crippen LogP contribution in [0.5, 0.6) is 11.5 Å². The van der Waals surface area contributed by atoms with E-state index in [0.29, 0.717) is 6.61 Å². The van der Waals surface area contributed by atoms with Crippen LogP contribution in [-0.4, -0.2) is 40.4 Å². The van der Waals surface area contributed by atoms with Gasteiger partial charge in [0.1, 0.15) is 6.04 Å². The SMILES string of the molecule is CCOc1cccc(C(NCCC(=O)O)C(=O)O)c1O. The Morgan fingerprint density at radius 1 is 1.35 bits per heavy atom. The van der Waals surface area contributed by atoms with Gasteiger partial charge >= 0.3 is 11.9 Å². The number of benzene rings is 1. The number of carboxylic acid groups (broad SMARTS) is 2. The predicted molar refractivity (Wildman–Crippen MR) is 69.9 cm³/mol. The standard InChI is InChI=1S/C13H17NO6/c1-2-20-9-5-3-4-8(12(9)17)11(13(18)19)14-7-6-10(15)16/h3-5,11,14,17H,2,6-7H2,1H3,(H,15,16)(H,18,19). The minimum atomic E-state index is -1.21. The molecule has 1 rings (SSSR count). The molecule has 0 radical (unpaired) electrons. The summed E-state index contributed by atoms with van der Waals surface area (Å²) in [5, 5.41) is 30.3. The Labute approximate surface area is 115 Å². The van der Waals surface area contributed by atoms with Crippen LogP contribution in [-0.2, 0) is 9.59 Å². The zero-order valence-corrected chi connectivity index (χ0v) is 11.0. The van der Waals surface area contributed by atoms with E-state index >= 15 is 0 Å². The zero-order chi connectivity index (χ0) is 15.1. The Hall–Kier alpha value is -2.28. The first-order chi connectivity index (χ1) is 9.47. The molecule has 110 valence electrons. The third kappa shape index (κ3) is 4.13. The maximum absolute atomic E-state index is 11.2. The fraction of sp³-hybridized carbons (Fsp3) is 0.385. The fourth-order valence-electron chi connectivity index (χ4n) is 1.70. The number of aliphatic carboxylic acids is 2. The van der Waals surface area contributed by atoms with Crippen LogP contribution in [0.15, 0.2) is 18.2 Å². The van der Waals surface area contributed by atoms with Crippen molar-refractivity contribution in [3.63, 3.8) is 0 Å². The second-order valence-corrected chi connectivity index (χ2v) is 4.00. The molecule has 1 aromatic rings. The first-order valence-corrected chi connectivity index (χ1v) is 6.10. The molecule has 1 unspecified atom stereocenters. The van der Waals surface area contributed by atoms with Crippen LogP contribution in [0.2, 0.25) is 0 Å². The number of phenolic OH excluding ortho intramolecular Hbond substituents is 1. The molecule has 7 nitrogen and oxygen atoms in total. The molecular formula is C13H17NO6. The molecule has 0 aromatic heterocycles. The summed E-state index contributed by atoms with van der Waals surface area (Å²) in [5.41, 5.74) is 0.133. The van der Waals surface area contributed by atoms with E-state index in [1.54, 1.807) is 13.0 Å². The summed E-state index contributed by atoms with van der Waals surface area (Å²) >= 11 is 0. The Bertz CT molecular complexity index is 488. The highest BCUT2D eigenvalue weighted by Crippen LogP contribution is 2.33. The number of nitrogens with one attached hydrogen (secondary N) is 1. The number of carbonyl (C=O) groups is 2. The third-order valence-electron chi connectivity index (χ3n) is 2.58. The fourth-order valence-corrected chi connectivity index (χ4v) is 1.70. The van der Waals surface area contributed by atoms with Gasteiger partial charge in [0.15, 0.2) is 11.5 Å². The number of hydrogen-bond acceptors (Lipinski definition) is 5. The zero-order valence-electron chi connectivity index (χ0n) is 11.0. The quantitative estimate of drug-likeness (QED) is 0.562. The van der Waals surface area contributed by atoms with E-state index in [-0.39, 0.29) is 30.0 Å². The highest BCUT2D eigenvalue weighted by Gasteiger charge is 2.24. The Balaban J connectivity index is 2.94. The molecule has 20 heavy (non-hydrogen) atoms. The third-order valence-corrected chi connectivity index (χ3v) is 2.58. The second kappa shape index (κ2) is 7.34. The van der Waals surface area contributed by atoms with Crippen molar-refractivity contribution >= 4 is 11.9 Å². The minimum absolute atomic E-state index is 0.0232. The van der Waals surface area contributed by atoms with Gasteiger partial charge in [0, 0.05) is 12.1 Å². The summed E-state index contributed by atoms with van der Waals surface area (Å²) in [7, 11) is 0. The molecule has 0 heterocycles. The van der Waals surface area contributed by atoms with Crippen molar-refractivity contribution in [1.29, 1.82) is 0 Å². The topological polar surface area (TPSA) is 116 Å². The van der Waals surface area contributed by atoms with E-state index in [4.69, 9.17) is 9.84 Å². The van der Waals surface area contributed by atoms with Crippen molar-refractivity contribution in [2.75, 3.05) is 13.2 Å². The first kappa shape index (κ1) is 15.8. The summed E-state index contributed by atoms with van der Waals surface area (Å²) in [6.07, 6.45) is -0.213. The van der Waals surface area contributed by atoms with E-state index in [2.05, 4.69) is 5.32 Å². The van der Waals surface area contributed by atoms with Gasteiger partial charge in [-0.2, -0.15) is 0 Å². The lowest BCUT2D eigenvalue weighted by Gasteiger charge is -2.17. The van der Waals surface area contributed by atoms with Crippen LogP contribution in [0, 0.1) is 0 Å². The van der Waals surface area contributed by atoms with E-state index in [0.717, 1.165) is 0 Å². The summed E-state index contributed by atoms with van der Waals surface area (Å²) in [6.45, 7) is 2.05. The lowest BCUT2D eigenvalue weighted by atomic mass is 10.0. The van der Waals surface area contributed by atoms with E-state index < -0.39 is 18.0 Å². The van der Waals surface area contributed by atoms with Crippen LogP contribution in [0.3, 0.4) is 0 Å². The van der Waals surface area contributed by atoms with Crippen molar-refractivity contribution < 1.29 is 29.6 Å². The maximum Gasteiger partial charge on any atom is 0.325 e. The van der Waals surface area contributed by atoms with Crippen LogP contribution in [0.1, 0.15) is 24.9 Å². The molecule has 0 saturated heterocycles. The van der Waals surface area contributed by atoms with E-state index in [1.807, 2.05) is 0 Å². The molecule has 0 aliphatic heterocycles. The van der Waals surface area contributed by atoms with Crippen molar-refractivity contribution in [3.05, 3.63) is 23.8 Å². The van der Waals surface area contributed by atoms with Gasteiger partial charge in [-0.05, 0) is 13.0 Å². The van der Waals surface area contributed by atoms with Gasteiger partial charge in [-0.1, -0.05) is 12.1 Å². The van der Waals surface area contributed by atoms with Crippen molar-refractivity contribution in [3.8, 4) is 11.5 Å². The molecule has 0 amide bonds. The summed E-state index contributed by atoms with van der Waals surface area (Å²) in [6, 6.07) is 3.34. The average molecular weight is 283 g/mol. The van der Waals surface area contributed by atoms with Gasteiger partial charge in [0.2, 0.25) is 0 Å². The van der Waals surface area contributed by atoms with Crippen molar-refractivity contribution in [1.82, 2.24) is 5.32 Å². The van der Waals surface area contributed by atoms with Crippen LogP contribution >= 0.6 is 0 Å². The van der Waals surface area contributed by atoms with Gasteiger partial charge in [0.25, 0.3) is 0 Å². The van der Waals surface area contributed by atoms with Crippen molar-refractivity contribution in [2.24, 2.45) is 0 Å². The molecule has 0 bridgehead atoms. The number of aromatic hydroxyl groups is 1. The largest absolute Gasteiger partial charge is 0.504 e. The Kier molecular flexibility index (Phi) is 5.79. The first-order valence-electron chi connectivity index (χ1n) is 6.10. The Morgan fingerprint density at radius 2 is 2.05 bits per heavy atom. The predicted octanol–water partition coefficient (Wildman–Crippen LogP) is 0.981. The number of phenols is 1. The normalized spacial score (nSPS) is 11.8. The van der Waals surface area contributed by atoms with Gasteiger partial charge in [-0.25, -0.2) is 0 Å². The molecule has 1 aromatic carbocycles. The van der Waals surface area contributed by atoms with Crippen LogP contribution < -0.4 is 10.1 Å². The number of ether oxygens (including phenoxy) is 1. The van der Waals surface area contributed by atoms with Gasteiger partial charge in [0.05, 0.1) is 13.0 Å². The highest BCUT2D eigenvalue weighted by molar-refractivity contribution is 5.77. The Morgan fingerprint density at radius 3 is 2.60 bits per heavy atom. The molecule has 0 aliphatic carbocycles. The summed E-state index contributed by atoms with van der Waals surface area (Å²) in [5.74, 6) is -2.31. The molecule has 0 fully saturated rings. The maximum atomic E-state index is 11.2. The van der Waals surface area contributed by atoms with Crippen LogP contribution in [0.25, 0.3) is 0 Å². The minimum Gasteiger partial charge on any atom is -0.504 e. The van der Waals surface area contributed by atoms with Crippen LogP contribution in [0.4, 0.5) is 0 Å². The van der Waals surface area contributed by atoms with Gasteiger partial charge in [-0.15, -0.1) is 0 Å². The molecular weight excluding hydrogens is 266 g/mol. The van der Waals surface area contributed by atoms with Gasteiger partial charge in [-0.3, -0.25) is 9.59 Å². The average Bonchev–Trinajstić information content (AvgIpc) is 2.37. The monoisotopic (exact) mass is 283 g/mol. The molecule has 7 heteroatoms. The van der Waals surface area contributed by atoms with Gasteiger partial charge < -0.3 is 25.4 Å². The van der Waals surface area contributed by atoms with Crippen molar-refractivity contribution in [2.45, 2.75) is 19.4 Å².